The van der Waals surface area contributed by atoms with Crippen molar-refractivity contribution in [3.63, 3.8) is 0 Å². The largest absolute Gasteiger partial charge is 0.508 e. The van der Waals surface area contributed by atoms with Crippen LogP contribution < -0.4 is 5.73 Å². The van der Waals surface area contributed by atoms with E-state index >= 15 is 0 Å². The lowest BCUT2D eigenvalue weighted by molar-refractivity contribution is -0.142. The van der Waals surface area contributed by atoms with Gasteiger partial charge in [0.25, 0.3) is 0 Å². The molecule has 0 spiro atoms. The van der Waals surface area contributed by atoms with Gasteiger partial charge in [0.1, 0.15) is 17.5 Å². The Balaban J connectivity index is 3.05. The molecular weight excluding hydrogens is 186 g/mol. The van der Waals surface area contributed by atoms with Gasteiger partial charge in [-0.2, -0.15) is 0 Å². The number of hydrogen-bond donors (Lipinski definition) is 3. The second kappa shape index (κ2) is 3.97. The molecule has 1 atom stereocenters. The average molecular weight is 197 g/mol. The quantitative estimate of drug-likeness (QED) is 0.467. The van der Waals surface area contributed by atoms with E-state index < -0.39 is 12.0 Å². The highest BCUT2D eigenvalue weighted by Crippen LogP contribution is 2.27. The highest BCUT2D eigenvalue weighted by atomic mass is 16.5. The summed E-state index contributed by atoms with van der Waals surface area (Å²) >= 11 is 0. The molecule has 1 rings (SSSR count). The minimum absolute atomic E-state index is 0.0721. The van der Waals surface area contributed by atoms with Crippen molar-refractivity contribution in [3.05, 3.63) is 23.8 Å². The minimum atomic E-state index is -1.09. The van der Waals surface area contributed by atoms with Crippen LogP contribution in [0.1, 0.15) is 11.6 Å². The van der Waals surface area contributed by atoms with Gasteiger partial charge in [-0.15, -0.1) is 0 Å². The van der Waals surface area contributed by atoms with Gasteiger partial charge in [0.15, 0.2) is 0 Å². The molecule has 0 aliphatic carbocycles. The number of phenolic OH excluding ortho intramolecular Hbond substituents is 2. The standard InChI is InChI=1S/C9H11NO4/c1-14-9(13)8(10)6-4-5(11)2-3-7(6)12/h2-4,8,11-12H,10H2,1H3/t8-/m1/s1. The van der Waals surface area contributed by atoms with E-state index in [9.17, 15) is 9.90 Å². The summed E-state index contributed by atoms with van der Waals surface area (Å²) in [7, 11) is 1.20. The number of methoxy groups -OCH3 is 1. The van der Waals surface area contributed by atoms with Crippen molar-refractivity contribution in [2.24, 2.45) is 5.73 Å². The zero-order valence-electron chi connectivity index (χ0n) is 7.60. The van der Waals surface area contributed by atoms with Gasteiger partial charge in [0.2, 0.25) is 0 Å². The third-order valence-electron chi connectivity index (χ3n) is 1.80. The molecular formula is C9H11NO4. The molecule has 5 heteroatoms. The van der Waals surface area contributed by atoms with Gasteiger partial charge in [0.05, 0.1) is 7.11 Å². The van der Waals surface area contributed by atoms with E-state index in [1.807, 2.05) is 0 Å². The van der Waals surface area contributed by atoms with Crippen LogP contribution in [-0.2, 0) is 9.53 Å². The van der Waals surface area contributed by atoms with Gasteiger partial charge >= 0.3 is 5.97 Å². The Labute approximate surface area is 80.7 Å². The molecule has 0 unspecified atom stereocenters. The molecule has 0 saturated carbocycles. The maximum absolute atomic E-state index is 11.0. The fraction of sp³-hybridized carbons (Fsp3) is 0.222. The second-order valence-electron chi connectivity index (χ2n) is 2.74. The predicted molar refractivity (Wildman–Crippen MR) is 48.7 cm³/mol. The number of carbonyl (C=O) groups excluding carboxylic acids is 1. The van der Waals surface area contributed by atoms with Crippen LogP contribution in [0.15, 0.2) is 18.2 Å². The first-order valence-electron chi connectivity index (χ1n) is 3.91. The SMILES string of the molecule is COC(=O)[C@H](N)c1cc(O)ccc1O. The third-order valence-corrected chi connectivity index (χ3v) is 1.80. The number of hydrogen-bond acceptors (Lipinski definition) is 5. The van der Waals surface area contributed by atoms with E-state index in [2.05, 4.69) is 4.74 Å². The monoisotopic (exact) mass is 197 g/mol. The topological polar surface area (TPSA) is 92.8 Å². The van der Waals surface area contributed by atoms with E-state index in [0.29, 0.717) is 0 Å². The van der Waals surface area contributed by atoms with Gasteiger partial charge < -0.3 is 20.7 Å². The molecule has 4 N–H and O–H groups in total. The molecule has 0 saturated heterocycles. The predicted octanol–water partition coefficient (Wildman–Crippen LogP) is 0.271. The number of benzene rings is 1. The molecule has 0 aliphatic rings. The first-order valence-corrected chi connectivity index (χ1v) is 3.91. The van der Waals surface area contributed by atoms with Crippen molar-refractivity contribution in [2.45, 2.75) is 6.04 Å². The van der Waals surface area contributed by atoms with Crippen LogP contribution in [0.4, 0.5) is 0 Å². The Kier molecular flexibility index (Phi) is 2.93. The molecule has 76 valence electrons. The van der Waals surface area contributed by atoms with Crippen LogP contribution in [-0.4, -0.2) is 23.3 Å². The van der Waals surface area contributed by atoms with E-state index in [1.165, 1.54) is 25.3 Å². The van der Waals surface area contributed by atoms with Gasteiger partial charge in [-0.25, -0.2) is 0 Å². The maximum Gasteiger partial charge on any atom is 0.327 e. The molecule has 0 radical (unpaired) electrons. The summed E-state index contributed by atoms with van der Waals surface area (Å²) in [5.41, 5.74) is 5.61. The van der Waals surface area contributed by atoms with E-state index in [1.54, 1.807) is 0 Å². The highest BCUT2D eigenvalue weighted by Gasteiger charge is 2.19. The van der Waals surface area contributed by atoms with Gasteiger partial charge in [-0.1, -0.05) is 0 Å². The lowest BCUT2D eigenvalue weighted by atomic mass is 10.1. The maximum atomic E-state index is 11.0. The lowest BCUT2D eigenvalue weighted by Gasteiger charge is -2.11. The Morgan fingerprint density at radius 2 is 2.14 bits per heavy atom. The lowest BCUT2D eigenvalue weighted by Crippen LogP contribution is -2.22. The summed E-state index contributed by atoms with van der Waals surface area (Å²) in [6, 6.07) is 2.68. The minimum Gasteiger partial charge on any atom is -0.508 e. The Morgan fingerprint density at radius 3 is 2.71 bits per heavy atom. The smallest absolute Gasteiger partial charge is 0.327 e. The van der Waals surface area contributed by atoms with Crippen LogP contribution in [0, 0.1) is 0 Å². The third kappa shape index (κ3) is 1.94. The highest BCUT2D eigenvalue weighted by molar-refractivity contribution is 5.78. The Morgan fingerprint density at radius 1 is 1.50 bits per heavy atom. The van der Waals surface area contributed by atoms with Crippen molar-refractivity contribution in [2.75, 3.05) is 7.11 Å². The number of carbonyl (C=O) groups is 1. The summed E-state index contributed by atoms with van der Waals surface area (Å²) in [6.07, 6.45) is 0. The van der Waals surface area contributed by atoms with Crippen LogP contribution in [0.25, 0.3) is 0 Å². The van der Waals surface area contributed by atoms with E-state index in [-0.39, 0.29) is 17.1 Å². The van der Waals surface area contributed by atoms with Crippen molar-refractivity contribution >= 4 is 5.97 Å². The normalized spacial score (nSPS) is 12.1. The molecule has 14 heavy (non-hydrogen) atoms. The van der Waals surface area contributed by atoms with Crippen molar-refractivity contribution in [1.29, 1.82) is 0 Å². The van der Waals surface area contributed by atoms with Crippen LogP contribution in [0.5, 0.6) is 11.5 Å². The summed E-state index contributed by atoms with van der Waals surface area (Å²) in [5, 5.41) is 18.5. The number of aromatic hydroxyl groups is 2. The molecule has 0 amide bonds. The fourth-order valence-electron chi connectivity index (χ4n) is 1.04. The molecule has 5 nitrogen and oxygen atoms in total. The van der Waals surface area contributed by atoms with Crippen molar-refractivity contribution < 1.29 is 19.7 Å². The molecule has 0 fully saturated rings. The number of esters is 1. The average Bonchev–Trinajstić information content (AvgIpc) is 2.19. The zero-order chi connectivity index (χ0) is 10.7. The fourth-order valence-corrected chi connectivity index (χ4v) is 1.04. The number of ether oxygens (including phenoxy) is 1. The number of phenols is 2. The van der Waals surface area contributed by atoms with Crippen LogP contribution in [0.3, 0.4) is 0 Å². The zero-order valence-corrected chi connectivity index (χ0v) is 7.60. The van der Waals surface area contributed by atoms with Gasteiger partial charge in [-0.3, -0.25) is 4.79 Å². The van der Waals surface area contributed by atoms with Crippen molar-refractivity contribution in [3.8, 4) is 11.5 Å². The van der Waals surface area contributed by atoms with Gasteiger partial charge in [-0.05, 0) is 18.2 Å². The first-order chi connectivity index (χ1) is 6.56. The van der Waals surface area contributed by atoms with Crippen LogP contribution in [0.2, 0.25) is 0 Å². The van der Waals surface area contributed by atoms with E-state index in [0.717, 1.165) is 0 Å². The van der Waals surface area contributed by atoms with Crippen molar-refractivity contribution in [1.82, 2.24) is 0 Å². The molecule has 1 aromatic carbocycles. The molecule has 1 aromatic rings. The number of rotatable bonds is 2. The van der Waals surface area contributed by atoms with E-state index in [4.69, 9.17) is 10.8 Å². The molecule has 0 aromatic heterocycles. The summed E-state index contributed by atoms with van der Waals surface area (Å²) in [6.45, 7) is 0. The first kappa shape index (κ1) is 10.3. The summed E-state index contributed by atoms with van der Waals surface area (Å²) < 4.78 is 4.40. The molecule has 0 aliphatic heterocycles. The van der Waals surface area contributed by atoms with Gasteiger partial charge in [0, 0.05) is 5.56 Å². The molecule has 0 heterocycles. The summed E-state index contributed by atoms with van der Waals surface area (Å²) in [4.78, 5) is 11.0. The second-order valence-corrected chi connectivity index (χ2v) is 2.74. The summed E-state index contributed by atoms with van der Waals surface area (Å²) in [5.74, 6) is -0.899. The number of nitrogens with two attached hydrogens (primary N) is 1. The van der Waals surface area contributed by atoms with Crippen LogP contribution >= 0.6 is 0 Å². The Hall–Kier alpha value is -1.75. The Bertz CT molecular complexity index is 351. The molecule has 0 bridgehead atoms.